The number of nitrogens with zero attached hydrogens (tertiary/aromatic N) is 2. The van der Waals surface area contributed by atoms with E-state index in [-0.39, 0.29) is 12.1 Å². The Kier molecular flexibility index (Phi) is 6.22. The Bertz CT molecular complexity index is 660. The molecule has 1 saturated heterocycles. The topological polar surface area (TPSA) is 51.4 Å². The van der Waals surface area contributed by atoms with Gasteiger partial charge in [-0.1, -0.05) is 25.4 Å². The number of hydrogen-bond donors (Lipinski definition) is 1. The lowest BCUT2D eigenvalue weighted by molar-refractivity contribution is 0.121. The molecule has 1 aliphatic rings. The molecular formula is C18H26ClN3O. The lowest BCUT2D eigenvalue weighted by Gasteiger charge is -2.25. The van der Waals surface area contributed by atoms with E-state index < -0.39 is 0 Å². The van der Waals surface area contributed by atoms with Gasteiger partial charge in [0.2, 0.25) is 0 Å². The average molecular weight is 336 g/mol. The third-order valence-electron chi connectivity index (χ3n) is 4.13. The average Bonchev–Trinajstić information content (AvgIpc) is 3.05. The normalized spacial score (nSPS) is 18.7. The van der Waals surface area contributed by atoms with Gasteiger partial charge < -0.3 is 15.4 Å². The Morgan fingerprint density at radius 3 is 2.78 bits per heavy atom. The Balaban J connectivity index is 0.000000924. The summed E-state index contributed by atoms with van der Waals surface area (Å²) in [5.41, 5.74) is 9.24. The first kappa shape index (κ1) is 18.0. The molecule has 23 heavy (non-hydrogen) atoms. The van der Waals surface area contributed by atoms with E-state index in [1.54, 1.807) is 13.3 Å². The molecule has 126 valence electrons. The second kappa shape index (κ2) is 7.95. The molecule has 2 N–H and O–H groups in total. The predicted octanol–water partition coefficient (Wildman–Crippen LogP) is 4.16. The van der Waals surface area contributed by atoms with Crippen LogP contribution in [0.3, 0.4) is 0 Å². The maximum atomic E-state index is 6.40. The summed E-state index contributed by atoms with van der Waals surface area (Å²) < 4.78 is 5.48. The van der Waals surface area contributed by atoms with Crippen molar-refractivity contribution in [1.82, 2.24) is 4.98 Å². The van der Waals surface area contributed by atoms with E-state index in [9.17, 15) is 0 Å². The Hall–Kier alpha value is -1.36. The van der Waals surface area contributed by atoms with Crippen LogP contribution in [0.5, 0.6) is 0 Å². The first-order chi connectivity index (χ1) is 11.1. The molecule has 1 fully saturated rings. The summed E-state index contributed by atoms with van der Waals surface area (Å²) in [4.78, 5) is 6.88. The molecule has 1 aromatic heterocycles. The van der Waals surface area contributed by atoms with Crippen molar-refractivity contribution in [3.8, 4) is 0 Å². The number of benzene rings is 1. The highest BCUT2D eigenvalue weighted by Gasteiger charge is 2.27. The van der Waals surface area contributed by atoms with Gasteiger partial charge in [0.25, 0.3) is 0 Å². The van der Waals surface area contributed by atoms with Crippen molar-refractivity contribution >= 4 is 28.2 Å². The van der Waals surface area contributed by atoms with Crippen LogP contribution in [0.15, 0.2) is 24.4 Å². The first-order valence-electron chi connectivity index (χ1n) is 8.22. The van der Waals surface area contributed by atoms with E-state index in [1.165, 1.54) is 0 Å². The van der Waals surface area contributed by atoms with E-state index in [0.717, 1.165) is 41.7 Å². The van der Waals surface area contributed by atoms with Crippen molar-refractivity contribution < 1.29 is 4.74 Å². The number of aromatic nitrogens is 1. The lowest BCUT2D eigenvalue weighted by atomic mass is 10.0. The summed E-state index contributed by atoms with van der Waals surface area (Å²) >= 11 is 6.40. The SMILES string of the molecule is CC.COC1CCN(c2c(C(C)N)cc(Cl)c3cccnc23)C1. The zero-order chi connectivity index (χ0) is 17.0. The van der Waals surface area contributed by atoms with Gasteiger partial charge in [-0.15, -0.1) is 0 Å². The molecule has 4 nitrogen and oxygen atoms in total. The quantitative estimate of drug-likeness (QED) is 0.915. The first-order valence-corrected chi connectivity index (χ1v) is 8.60. The number of halogens is 1. The van der Waals surface area contributed by atoms with Crippen molar-refractivity contribution in [1.29, 1.82) is 0 Å². The van der Waals surface area contributed by atoms with E-state index >= 15 is 0 Å². The molecule has 0 amide bonds. The van der Waals surface area contributed by atoms with Gasteiger partial charge in [-0.05, 0) is 37.1 Å². The number of methoxy groups -OCH3 is 1. The summed E-state index contributed by atoms with van der Waals surface area (Å²) in [6, 6.07) is 5.80. The minimum absolute atomic E-state index is 0.0921. The van der Waals surface area contributed by atoms with Crippen molar-refractivity contribution in [2.24, 2.45) is 5.73 Å². The van der Waals surface area contributed by atoms with Crippen molar-refractivity contribution in [3.05, 3.63) is 35.0 Å². The van der Waals surface area contributed by atoms with Gasteiger partial charge in [-0.3, -0.25) is 4.98 Å². The minimum Gasteiger partial charge on any atom is -0.380 e. The van der Waals surface area contributed by atoms with Crippen LogP contribution in [0.1, 0.15) is 38.8 Å². The summed E-state index contributed by atoms with van der Waals surface area (Å²) in [5.74, 6) is 0. The monoisotopic (exact) mass is 335 g/mol. The Morgan fingerprint density at radius 1 is 1.43 bits per heavy atom. The smallest absolute Gasteiger partial charge is 0.0953 e. The minimum atomic E-state index is -0.0921. The van der Waals surface area contributed by atoms with Crippen molar-refractivity contribution in [3.63, 3.8) is 0 Å². The van der Waals surface area contributed by atoms with Crippen LogP contribution in [0.2, 0.25) is 5.02 Å². The van der Waals surface area contributed by atoms with Gasteiger partial charge in [-0.25, -0.2) is 0 Å². The van der Waals surface area contributed by atoms with Crippen LogP contribution >= 0.6 is 11.6 Å². The maximum absolute atomic E-state index is 6.40. The van der Waals surface area contributed by atoms with E-state index in [1.807, 2.05) is 39.0 Å². The number of pyridine rings is 1. The number of nitrogens with two attached hydrogens (primary N) is 1. The Morgan fingerprint density at radius 2 is 2.17 bits per heavy atom. The van der Waals surface area contributed by atoms with E-state index in [0.29, 0.717) is 5.02 Å². The molecule has 2 atom stereocenters. The molecule has 2 aromatic rings. The fourth-order valence-electron chi connectivity index (χ4n) is 3.01. The maximum Gasteiger partial charge on any atom is 0.0953 e. The lowest BCUT2D eigenvalue weighted by Crippen LogP contribution is -2.25. The fourth-order valence-corrected chi connectivity index (χ4v) is 3.28. The van der Waals surface area contributed by atoms with Crippen LogP contribution < -0.4 is 10.6 Å². The van der Waals surface area contributed by atoms with Crippen molar-refractivity contribution in [2.45, 2.75) is 39.3 Å². The molecule has 2 heterocycles. The second-order valence-corrected chi connectivity index (χ2v) is 5.98. The molecule has 0 spiro atoms. The number of rotatable bonds is 3. The molecule has 0 saturated carbocycles. The third-order valence-corrected chi connectivity index (χ3v) is 4.44. The molecule has 0 aliphatic carbocycles. The van der Waals surface area contributed by atoms with Crippen molar-refractivity contribution in [2.75, 3.05) is 25.1 Å². The summed E-state index contributed by atoms with van der Waals surface area (Å²) in [6.07, 6.45) is 3.09. The summed E-state index contributed by atoms with van der Waals surface area (Å²) in [6.45, 7) is 7.79. The second-order valence-electron chi connectivity index (χ2n) is 5.58. The highest BCUT2D eigenvalue weighted by molar-refractivity contribution is 6.36. The molecule has 5 heteroatoms. The molecule has 1 aromatic carbocycles. The summed E-state index contributed by atoms with van der Waals surface area (Å²) in [5, 5.41) is 1.68. The molecule has 2 unspecified atom stereocenters. The zero-order valence-corrected chi connectivity index (χ0v) is 15.1. The number of ether oxygens (including phenoxy) is 1. The number of anilines is 1. The highest BCUT2D eigenvalue weighted by atomic mass is 35.5. The third kappa shape index (κ3) is 3.60. The van der Waals surface area contributed by atoms with E-state index in [4.69, 9.17) is 22.1 Å². The highest BCUT2D eigenvalue weighted by Crippen LogP contribution is 2.38. The van der Waals surface area contributed by atoms with Crippen LogP contribution in [-0.4, -0.2) is 31.3 Å². The molecule has 0 bridgehead atoms. The van der Waals surface area contributed by atoms with Crippen LogP contribution in [-0.2, 0) is 4.74 Å². The summed E-state index contributed by atoms with van der Waals surface area (Å²) in [7, 11) is 1.76. The predicted molar refractivity (Wildman–Crippen MR) is 98.3 cm³/mol. The molecule has 0 radical (unpaired) electrons. The number of fused-ring (bicyclic) bond motifs is 1. The largest absolute Gasteiger partial charge is 0.380 e. The zero-order valence-electron chi connectivity index (χ0n) is 14.3. The van der Waals surface area contributed by atoms with E-state index in [2.05, 4.69) is 9.88 Å². The Labute approximate surface area is 143 Å². The molecule has 1 aliphatic heterocycles. The van der Waals surface area contributed by atoms with Crippen LogP contribution in [0.4, 0.5) is 5.69 Å². The van der Waals surface area contributed by atoms with Crippen LogP contribution in [0, 0.1) is 0 Å². The van der Waals surface area contributed by atoms with Gasteiger partial charge in [0.15, 0.2) is 0 Å². The molecule has 3 rings (SSSR count). The molecular weight excluding hydrogens is 310 g/mol. The van der Waals surface area contributed by atoms with Gasteiger partial charge in [0.05, 0.1) is 22.3 Å². The number of hydrogen-bond acceptors (Lipinski definition) is 4. The van der Waals surface area contributed by atoms with Gasteiger partial charge >= 0.3 is 0 Å². The standard InChI is InChI=1S/C16H20ClN3O.C2H6/c1-10(18)13-8-14(17)12-4-3-6-19-15(12)16(13)20-7-5-11(9-20)21-2;1-2/h3-4,6,8,10-11H,5,7,9,18H2,1-2H3;1-2H3. The van der Waals surface area contributed by atoms with Gasteiger partial charge in [0.1, 0.15) is 0 Å². The van der Waals surface area contributed by atoms with Gasteiger partial charge in [0, 0.05) is 37.8 Å². The van der Waals surface area contributed by atoms with Crippen LogP contribution in [0.25, 0.3) is 10.9 Å². The fraction of sp³-hybridized carbons (Fsp3) is 0.500. The van der Waals surface area contributed by atoms with Gasteiger partial charge in [-0.2, -0.15) is 0 Å².